The van der Waals surface area contributed by atoms with Crippen molar-refractivity contribution in [1.29, 1.82) is 0 Å². The van der Waals surface area contributed by atoms with Crippen molar-refractivity contribution in [3.05, 3.63) is 120 Å². The number of anilines is 2. The third-order valence-electron chi connectivity index (χ3n) is 7.60. The standard InChI is InChI=1S/C33H33F3N4O6S2/c34-33(35,36)26-9-6-10-28(23-26)39-18-20-40(21-19-39)48(44,45)29-15-13-27(14-16-29)38-32(41)30-11-4-5-12-31(30)47(42,43)37-17-22-46-24-25-7-2-1-3-8-25/h1-16,23,37H,17-22,24H2,(H,38,41). The molecular weight excluding hydrogens is 670 g/mol. The van der Waals surface area contributed by atoms with Crippen molar-refractivity contribution in [1.82, 2.24) is 9.03 Å². The summed E-state index contributed by atoms with van der Waals surface area (Å²) in [7, 11) is -8.01. The zero-order valence-corrected chi connectivity index (χ0v) is 27.2. The molecule has 0 saturated carbocycles. The highest BCUT2D eigenvalue weighted by Gasteiger charge is 2.32. The minimum absolute atomic E-state index is 0.0125. The van der Waals surface area contributed by atoms with Crippen LogP contribution in [0.4, 0.5) is 24.5 Å². The predicted molar refractivity (Wildman–Crippen MR) is 175 cm³/mol. The first-order valence-corrected chi connectivity index (χ1v) is 17.8. The number of rotatable bonds is 12. The fourth-order valence-corrected chi connectivity index (χ4v) is 7.74. The number of nitrogens with one attached hydrogen (secondary N) is 2. The molecule has 254 valence electrons. The molecule has 1 saturated heterocycles. The van der Waals surface area contributed by atoms with E-state index in [0.717, 1.165) is 17.7 Å². The molecule has 0 aromatic heterocycles. The maximum absolute atomic E-state index is 13.3. The van der Waals surface area contributed by atoms with E-state index in [4.69, 9.17) is 4.74 Å². The number of nitrogens with zero attached hydrogens (tertiary/aromatic N) is 2. The number of halogens is 3. The van der Waals surface area contributed by atoms with Crippen LogP contribution in [0.15, 0.2) is 113 Å². The Labute approximate surface area is 277 Å². The smallest absolute Gasteiger partial charge is 0.375 e. The normalized spacial score (nSPS) is 14.5. The zero-order valence-electron chi connectivity index (χ0n) is 25.6. The number of amides is 1. The highest BCUT2D eigenvalue weighted by Crippen LogP contribution is 2.32. The van der Waals surface area contributed by atoms with Crippen molar-refractivity contribution >= 4 is 37.3 Å². The van der Waals surface area contributed by atoms with Crippen molar-refractivity contribution in [3.63, 3.8) is 0 Å². The van der Waals surface area contributed by atoms with Crippen molar-refractivity contribution in [2.45, 2.75) is 22.6 Å². The lowest BCUT2D eigenvalue weighted by Gasteiger charge is -2.35. The lowest BCUT2D eigenvalue weighted by Crippen LogP contribution is -2.48. The SMILES string of the molecule is O=C(Nc1ccc(S(=O)(=O)N2CCN(c3cccc(C(F)(F)F)c3)CC2)cc1)c1ccccc1S(=O)(=O)NCCOCc1ccccc1. The number of alkyl halides is 3. The van der Waals surface area contributed by atoms with E-state index in [2.05, 4.69) is 10.0 Å². The maximum atomic E-state index is 13.3. The molecule has 4 aromatic rings. The van der Waals surface area contributed by atoms with Crippen LogP contribution in [-0.2, 0) is 37.6 Å². The van der Waals surface area contributed by atoms with Gasteiger partial charge in [-0.05, 0) is 60.2 Å². The Balaban J connectivity index is 1.17. The highest BCUT2D eigenvalue weighted by atomic mass is 32.2. The van der Waals surface area contributed by atoms with Gasteiger partial charge < -0.3 is 15.0 Å². The monoisotopic (exact) mass is 702 g/mol. The van der Waals surface area contributed by atoms with E-state index in [1.165, 1.54) is 58.9 Å². The van der Waals surface area contributed by atoms with Gasteiger partial charge >= 0.3 is 6.18 Å². The molecule has 48 heavy (non-hydrogen) atoms. The summed E-state index contributed by atoms with van der Waals surface area (Å²) in [5, 5.41) is 2.61. The molecule has 2 N–H and O–H groups in total. The minimum Gasteiger partial charge on any atom is -0.375 e. The fourth-order valence-electron chi connectivity index (χ4n) is 5.10. The quantitative estimate of drug-likeness (QED) is 0.200. The highest BCUT2D eigenvalue weighted by molar-refractivity contribution is 7.89. The Morgan fingerprint density at radius 2 is 1.46 bits per heavy atom. The van der Waals surface area contributed by atoms with E-state index in [0.29, 0.717) is 12.3 Å². The molecule has 1 aliphatic heterocycles. The first-order valence-electron chi connectivity index (χ1n) is 14.9. The summed E-state index contributed by atoms with van der Waals surface area (Å²) in [6.45, 7) is 0.955. The van der Waals surface area contributed by atoms with Crippen molar-refractivity contribution in [3.8, 4) is 0 Å². The van der Waals surface area contributed by atoms with Crippen LogP contribution in [0.3, 0.4) is 0 Å². The second-order valence-electron chi connectivity index (χ2n) is 10.8. The lowest BCUT2D eigenvalue weighted by molar-refractivity contribution is -0.137. The molecule has 0 radical (unpaired) electrons. The van der Waals surface area contributed by atoms with E-state index in [-0.39, 0.29) is 60.4 Å². The topological polar surface area (TPSA) is 125 Å². The van der Waals surface area contributed by atoms with E-state index in [1.807, 2.05) is 30.3 Å². The number of carbonyl (C=O) groups is 1. The van der Waals surface area contributed by atoms with Crippen LogP contribution in [0.5, 0.6) is 0 Å². The van der Waals surface area contributed by atoms with Gasteiger partial charge in [0.15, 0.2) is 0 Å². The number of sulfonamides is 2. The summed E-state index contributed by atoms with van der Waals surface area (Å²) >= 11 is 0. The van der Waals surface area contributed by atoms with Gasteiger partial charge in [0.05, 0.1) is 34.1 Å². The molecule has 1 heterocycles. The molecule has 0 bridgehead atoms. The Kier molecular flexibility index (Phi) is 10.9. The van der Waals surface area contributed by atoms with Gasteiger partial charge in [-0.2, -0.15) is 17.5 Å². The second-order valence-corrected chi connectivity index (χ2v) is 14.5. The van der Waals surface area contributed by atoms with Crippen LogP contribution in [0.25, 0.3) is 0 Å². The molecular formula is C33H33F3N4O6S2. The lowest BCUT2D eigenvalue weighted by atomic mass is 10.1. The summed E-state index contributed by atoms with van der Waals surface area (Å²) in [4.78, 5) is 14.6. The van der Waals surface area contributed by atoms with Crippen LogP contribution in [0.1, 0.15) is 21.5 Å². The summed E-state index contributed by atoms with van der Waals surface area (Å²) < 4.78 is 101. The molecule has 10 nitrogen and oxygen atoms in total. The van der Waals surface area contributed by atoms with Gasteiger partial charge in [-0.3, -0.25) is 4.79 Å². The van der Waals surface area contributed by atoms with Gasteiger partial charge in [0, 0.05) is 44.1 Å². The number of carbonyl (C=O) groups excluding carboxylic acids is 1. The maximum Gasteiger partial charge on any atom is 0.416 e. The molecule has 0 atom stereocenters. The third kappa shape index (κ3) is 8.59. The van der Waals surface area contributed by atoms with Gasteiger partial charge in [-0.25, -0.2) is 21.6 Å². The van der Waals surface area contributed by atoms with Crippen molar-refractivity contribution < 1.29 is 39.5 Å². The summed E-state index contributed by atoms with van der Waals surface area (Å²) in [5.41, 5.74) is 0.667. The van der Waals surface area contributed by atoms with Crippen LogP contribution in [-0.4, -0.2) is 66.4 Å². The predicted octanol–water partition coefficient (Wildman–Crippen LogP) is 4.96. The first-order chi connectivity index (χ1) is 22.8. The molecule has 4 aromatic carbocycles. The largest absolute Gasteiger partial charge is 0.416 e. The molecule has 1 aliphatic rings. The van der Waals surface area contributed by atoms with Gasteiger partial charge in [0.1, 0.15) is 0 Å². The minimum atomic E-state index is -4.48. The van der Waals surface area contributed by atoms with Gasteiger partial charge in [0.2, 0.25) is 20.0 Å². The Morgan fingerprint density at radius 3 is 2.15 bits per heavy atom. The third-order valence-corrected chi connectivity index (χ3v) is 11.0. The Morgan fingerprint density at radius 1 is 0.792 bits per heavy atom. The number of hydrogen-bond acceptors (Lipinski definition) is 7. The molecule has 0 aliphatic carbocycles. The molecule has 0 unspecified atom stereocenters. The van der Waals surface area contributed by atoms with Gasteiger partial charge in [0.25, 0.3) is 5.91 Å². The first kappa shape index (κ1) is 35.0. The second kappa shape index (κ2) is 14.9. The number of benzene rings is 4. The molecule has 1 amide bonds. The van der Waals surface area contributed by atoms with E-state index >= 15 is 0 Å². The van der Waals surface area contributed by atoms with E-state index < -0.39 is 37.7 Å². The van der Waals surface area contributed by atoms with Gasteiger partial charge in [-0.1, -0.05) is 48.5 Å². The summed E-state index contributed by atoms with van der Waals surface area (Å²) in [6, 6.07) is 25.5. The van der Waals surface area contributed by atoms with E-state index in [9.17, 15) is 34.8 Å². The zero-order chi connectivity index (χ0) is 34.4. The summed E-state index contributed by atoms with van der Waals surface area (Å²) in [6.07, 6.45) is -4.48. The molecule has 0 spiro atoms. The molecule has 1 fully saturated rings. The average Bonchev–Trinajstić information content (AvgIpc) is 3.08. The summed E-state index contributed by atoms with van der Waals surface area (Å²) in [5.74, 6) is -0.711. The van der Waals surface area contributed by atoms with E-state index in [1.54, 1.807) is 11.0 Å². The van der Waals surface area contributed by atoms with Crippen LogP contribution in [0, 0.1) is 0 Å². The van der Waals surface area contributed by atoms with Gasteiger partial charge in [-0.15, -0.1) is 0 Å². The Hall–Kier alpha value is -4.28. The number of ether oxygens (including phenoxy) is 1. The average molecular weight is 703 g/mol. The number of hydrogen-bond donors (Lipinski definition) is 2. The van der Waals surface area contributed by atoms with Crippen LogP contribution >= 0.6 is 0 Å². The molecule has 15 heteroatoms. The molecule has 5 rings (SSSR count). The van der Waals surface area contributed by atoms with Crippen LogP contribution < -0.4 is 14.9 Å². The van der Waals surface area contributed by atoms with Crippen molar-refractivity contribution in [2.24, 2.45) is 0 Å². The van der Waals surface area contributed by atoms with Crippen molar-refractivity contribution in [2.75, 3.05) is 49.5 Å². The number of piperazine rings is 1. The van der Waals surface area contributed by atoms with Crippen LogP contribution in [0.2, 0.25) is 0 Å². The fraction of sp³-hybridized carbons (Fsp3) is 0.242. The Bertz CT molecular complexity index is 1930.